The Bertz CT molecular complexity index is 473. The van der Waals surface area contributed by atoms with E-state index in [4.69, 9.17) is 5.11 Å². The number of nitrogens with one attached hydrogen (secondary N) is 2. The van der Waals surface area contributed by atoms with E-state index < -0.39 is 23.4 Å². The van der Waals surface area contributed by atoms with Crippen molar-refractivity contribution >= 4 is 17.7 Å². The monoisotopic (exact) mass is 268 g/mol. The van der Waals surface area contributed by atoms with E-state index in [9.17, 15) is 14.0 Å². The molecule has 1 rings (SSSR count). The van der Waals surface area contributed by atoms with Crippen molar-refractivity contribution in [2.24, 2.45) is 0 Å². The Morgan fingerprint density at radius 1 is 1.32 bits per heavy atom. The summed E-state index contributed by atoms with van der Waals surface area (Å²) in [4.78, 5) is 22.4. The summed E-state index contributed by atoms with van der Waals surface area (Å²) >= 11 is 0. The van der Waals surface area contributed by atoms with Gasteiger partial charge < -0.3 is 15.7 Å². The molecule has 19 heavy (non-hydrogen) atoms. The lowest BCUT2D eigenvalue weighted by Gasteiger charge is -2.15. The van der Waals surface area contributed by atoms with Gasteiger partial charge in [0, 0.05) is 11.7 Å². The summed E-state index contributed by atoms with van der Waals surface area (Å²) < 4.78 is 13.2. The largest absolute Gasteiger partial charge is 0.478 e. The number of carbonyl (C=O) groups is 2. The molecule has 0 aliphatic heterocycles. The van der Waals surface area contributed by atoms with E-state index in [-0.39, 0.29) is 11.7 Å². The van der Waals surface area contributed by atoms with Gasteiger partial charge >= 0.3 is 12.0 Å². The summed E-state index contributed by atoms with van der Waals surface area (Å²) in [5.41, 5.74) is -0.234. The van der Waals surface area contributed by atoms with Crippen molar-refractivity contribution in [2.45, 2.75) is 32.7 Å². The van der Waals surface area contributed by atoms with E-state index in [1.54, 1.807) is 0 Å². The number of carbonyl (C=O) groups excluding carboxylic acids is 1. The minimum Gasteiger partial charge on any atom is -0.478 e. The van der Waals surface area contributed by atoms with Crippen molar-refractivity contribution in [1.82, 2.24) is 5.32 Å². The van der Waals surface area contributed by atoms with Crippen LogP contribution >= 0.6 is 0 Å². The number of carboxylic acid groups (broad SMARTS) is 1. The minimum atomic E-state index is -1.37. The first-order valence-corrected chi connectivity index (χ1v) is 6.08. The predicted molar refractivity (Wildman–Crippen MR) is 69.9 cm³/mol. The fraction of sp³-hybridized carbons (Fsp3) is 0.385. The highest BCUT2D eigenvalue weighted by Crippen LogP contribution is 2.14. The third-order valence-corrected chi connectivity index (χ3v) is 2.78. The van der Waals surface area contributed by atoms with Crippen molar-refractivity contribution in [3.63, 3.8) is 0 Å². The van der Waals surface area contributed by atoms with Gasteiger partial charge in [0.25, 0.3) is 0 Å². The molecule has 0 fully saturated rings. The van der Waals surface area contributed by atoms with Crippen LogP contribution in [0.5, 0.6) is 0 Å². The second kappa shape index (κ2) is 6.72. The Balaban J connectivity index is 2.74. The van der Waals surface area contributed by atoms with Gasteiger partial charge in [-0.05, 0) is 31.0 Å². The smallest absolute Gasteiger partial charge is 0.338 e. The topological polar surface area (TPSA) is 78.4 Å². The van der Waals surface area contributed by atoms with E-state index in [0.29, 0.717) is 0 Å². The molecule has 6 heteroatoms. The van der Waals surface area contributed by atoms with Gasteiger partial charge in [-0.15, -0.1) is 0 Å². The lowest BCUT2D eigenvalue weighted by molar-refractivity contribution is 0.0692. The van der Waals surface area contributed by atoms with Gasteiger partial charge in [0.2, 0.25) is 0 Å². The molecule has 0 aliphatic carbocycles. The van der Waals surface area contributed by atoms with Crippen LogP contribution in [0.2, 0.25) is 0 Å². The van der Waals surface area contributed by atoms with Gasteiger partial charge in [-0.25, -0.2) is 14.0 Å². The summed E-state index contributed by atoms with van der Waals surface area (Å²) in [6.45, 7) is 3.91. The summed E-state index contributed by atoms with van der Waals surface area (Å²) in [6, 6.07) is 3.03. The zero-order valence-corrected chi connectivity index (χ0v) is 10.9. The molecule has 0 aromatic heterocycles. The SMILES string of the molecule is CCC(CC)NC(=O)Nc1ccc(F)c(C(=O)O)c1. The quantitative estimate of drug-likeness (QED) is 0.768. The number of hydrogen-bond donors (Lipinski definition) is 3. The van der Waals surface area contributed by atoms with Gasteiger partial charge in [-0.3, -0.25) is 0 Å². The van der Waals surface area contributed by atoms with Crippen molar-refractivity contribution in [2.75, 3.05) is 5.32 Å². The van der Waals surface area contributed by atoms with E-state index >= 15 is 0 Å². The van der Waals surface area contributed by atoms with Gasteiger partial charge in [0.1, 0.15) is 5.82 Å². The second-order valence-corrected chi connectivity index (χ2v) is 4.11. The number of benzene rings is 1. The molecule has 0 bridgehead atoms. The van der Waals surface area contributed by atoms with E-state index in [2.05, 4.69) is 10.6 Å². The number of carboxylic acids is 1. The Morgan fingerprint density at radius 3 is 2.47 bits per heavy atom. The lowest BCUT2D eigenvalue weighted by Crippen LogP contribution is -2.37. The standard InChI is InChI=1S/C13H17FN2O3/c1-3-8(4-2)15-13(19)16-9-5-6-11(14)10(7-9)12(17)18/h5-8H,3-4H2,1-2H3,(H,17,18)(H2,15,16,19). The Kier molecular flexibility index (Phi) is 5.29. The molecule has 0 atom stereocenters. The molecule has 5 nitrogen and oxygen atoms in total. The van der Waals surface area contributed by atoms with Crippen LogP contribution in [0.15, 0.2) is 18.2 Å². The van der Waals surface area contributed by atoms with Crippen molar-refractivity contribution < 1.29 is 19.1 Å². The Morgan fingerprint density at radius 2 is 1.95 bits per heavy atom. The Labute approximate surface area is 110 Å². The van der Waals surface area contributed by atoms with E-state index in [1.165, 1.54) is 6.07 Å². The molecule has 1 aromatic rings. The number of hydrogen-bond acceptors (Lipinski definition) is 2. The van der Waals surface area contributed by atoms with Gasteiger partial charge in [0.05, 0.1) is 5.56 Å². The van der Waals surface area contributed by atoms with Crippen molar-refractivity contribution in [3.8, 4) is 0 Å². The zero-order valence-electron chi connectivity index (χ0n) is 10.9. The fourth-order valence-corrected chi connectivity index (χ4v) is 1.61. The van der Waals surface area contributed by atoms with Crippen molar-refractivity contribution in [1.29, 1.82) is 0 Å². The number of amides is 2. The van der Waals surface area contributed by atoms with Crippen LogP contribution in [0.4, 0.5) is 14.9 Å². The Hall–Kier alpha value is -2.11. The van der Waals surface area contributed by atoms with E-state index in [1.807, 2.05) is 13.8 Å². The summed E-state index contributed by atoms with van der Waals surface area (Å²) in [5, 5.41) is 14.0. The molecular formula is C13H17FN2O3. The molecule has 0 aliphatic rings. The molecular weight excluding hydrogens is 251 g/mol. The second-order valence-electron chi connectivity index (χ2n) is 4.11. The van der Waals surface area contributed by atoms with Crippen LogP contribution < -0.4 is 10.6 Å². The van der Waals surface area contributed by atoms with Crippen LogP contribution in [0.1, 0.15) is 37.0 Å². The number of rotatable bonds is 5. The first kappa shape index (κ1) is 14.9. The maximum Gasteiger partial charge on any atom is 0.338 e. The number of aromatic carboxylic acids is 1. The van der Waals surface area contributed by atoms with Crippen LogP contribution in [0, 0.1) is 5.82 Å². The van der Waals surface area contributed by atoms with Crippen LogP contribution in [0.3, 0.4) is 0 Å². The number of urea groups is 1. The molecule has 0 saturated carbocycles. The van der Waals surface area contributed by atoms with Gasteiger partial charge in [-0.2, -0.15) is 0 Å². The molecule has 0 heterocycles. The molecule has 0 spiro atoms. The van der Waals surface area contributed by atoms with Crippen LogP contribution in [-0.4, -0.2) is 23.1 Å². The number of halogens is 1. The van der Waals surface area contributed by atoms with Crippen molar-refractivity contribution in [3.05, 3.63) is 29.6 Å². The van der Waals surface area contributed by atoms with Gasteiger partial charge in [0.15, 0.2) is 0 Å². The third-order valence-electron chi connectivity index (χ3n) is 2.78. The van der Waals surface area contributed by atoms with Gasteiger partial charge in [-0.1, -0.05) is 13.8 Å². The molecule has 2 amide bonds. The first-order valence-electron chi connectivity index (χ1n) is 6.08. The molecule has 0 radical (unpaired) electrons. The third kappa shape index (κ3) is 4.24. The first-order chi connectivity index (χ1) is 8.97. The zero-order chi connectivity index (χ0) is 14.4. The summed E-state index contributed by atoms with van der Waals surface area (Å²) in [7, 11) is 0. The molecule has 1 aromatic carbocycles. The number of anilines is 1. The molecule has 0 unspecified atom stereocenters. The average molecular weight is 268 g/mol. The van der Waals surface area contributed by atoms with Crippen LogP contribution in [0.25, 0.3) is 0 Å². The summed E-state index contributed by atoms with van der Waals surface area (Å²) in [5.74, 6) is -2.21. The highest BCUT2D eigenvalue weighted by molar-refractivity contribution is 5.93. The van der Waals surface area contributed by atoms with Crippen LogP contribution in [-0.2, 0) is 0 Å². The molecule has 104 valence electrons. The highest BCUT2D eigenvalue weighted by atomic mass is 19.1. The summed E-state index contributed by atoms with van der Waals surface area (Å²) in [6.07, 6.45) is 1.60. The maximum atomic E-state index is 13.2. The minimum absolute atomic E-state index is 0.0550. The van der Waals surface area contributed by atoms with E-state index in [0.717, 1.165) is 25.0 Å². The fourth-order valence-electron chi connectivity index (χ4n) is 1.61. The molecule has 0 saturated heterocycles. The normalized spacial score (nSPS) is 10.3. The maximum absolute atomic E-state index is 13.2. The predicted octanol–water partition coefficient (Wildman–Crippen LogP) is 2.83. The lowest BCUT2D eigenvalue weighted by atomic mass is 10.2. The molecule has 3 N–H and O–H groups in total. The highest BCUT2D eigenvalue weighted by Gasteiger charge is 2.13. The average Bonchev–Trinajstić information content (AvgIpc) is 2.37.